The minimum atomic E-state index is 0.179. The summed E-state index contributed by atoms with van der Waals surface area (Å²) in [5, 5.41) is 5.37. The maximum atomic E-state index is 5.30. The van der Waals surface area contributed by atoms with Crippen LogP contribution in [0.5, 0.6) is 11.5 Å². The van der Waals surface area contributed by atoms with Gasteiger partial charge in [0.25, 0.3) is 0 Å². The maximum absolute atomic E-state index is 5.30. The first-order chi connectivity index (χ1) is 9.19. The fourth-order valence-electron chi connectivity index (χ4n) is 2.15. The van der Waals surface area contributed by atoms with Crippen LogP contribution in [0, 0.1) is 6.92 Å². The highest BCUT2D eigenvalue weighted by Gasteiger charge is 2.15. The molecule has 2 rings (SSSR count). The van der Waals surface area contributed by atoms with Crippen molar-refractivity contribution in [3.05, 3.63) is 45.6 Å². The first-order valence-corrected chi connectivity index (χ1v) is 7.01. The Balaban J connectivity index is 2.33. The first kappa shape index (κ1) is 13.9. The molecule has 0 spiro atoms. The number of hydrogen-bond donors (Lipinski definition) is 1. The van der Waals surface area contributed by atoms with E-state index in [2.05, 4.69) is 30.4 Å². The highest BCUT2D eigenvalue weighted by molar-refractivity contribution is 7.10. The minimum Gasteiger partial charge on any atom is -0.496 e. The summed E-state index contributed by atoms with van der Waals surface area (Å²) < 4.78 is 10.6. The molecule has 0 radical (unpaired) electrons. The fourth-order valence-corrected chi connectivity index (χ4v) is 3.14. The predicted octanol–water partition coefficient (Wildman–Crippen LogP) is 3.38. The highest BCUT2D eigenvalue weighted by atomic mass is 32.1. The summed E-state index contributed by atoms with van der Waals surface area (Å²) >= 11 is 1.70. The van der Waals surface area contributed by atoms with E-state index < -0.39 is 0 Å². The van der Waals surface area contributed by atoms with E-state index >= 15 is 0 Å². The molecule has 0 saturated carbocycles. The van der Waals surface area contributed by atoms with Crippen LogP contribution in [0.1, 0.15) is 22.0 Å². The first-order valence-electron chi connectivity index (χ1n) is 6.13. The van der Waals surface area contributed by atoms with E-state index in [1.165, 1.54) is 10.4 Å². The molecule has 0 fully saturated rings. The largest absolute Gasteiger partial charge is 0.496 e. The van der Waals surface area contributed by atoms with E-state index in [1.54, 1.807) is 25.6 Å². The highest BCUT2D eigenvalue weighted by Crippen LogP contribution is 2.32. The van der Waals surface area contributed by atoms with Crippen molar-refractivity contribution >= 4 is 11.3 Å². The summed E-state index contributed by atoms with van der Waals surface area (Å²) in [4.78, 5) is 1.24. The number of rotatable bonds is 5. The van der Waals surface area contributed by atoms with E-state index in [0.717, 1.165) is 17.1 Å². The smallest absolute Gasteiger partial charge is 0.129 e. The Morgan fingerprint density at radius 3 is 2.47 bits per heavy atom. The molecule has 1 N–H and O–H groups in total. The van der Waals surface area contributed by atoms with Gasteiger partial charge in [-0.15, -0.1) is 11.3 Å². The third kappa shape index (κ3) is 2.91. The molecule has 0 aliphatic heterocycles. The standard InChI is InChI=1S/C15H19NO2S/c1-10-7-11(5-6-13(10)18-4)15(16-2)14-8-12(17-3)9-19-14/h5-9,15-16H,1-4H3. The second-order valence-electron chi connectivity index (χ2n) is 4.34. The van der Waals surface area contributed by atoms with Crippen molar-refractivity contribution in [3.8, 4) is 11.5 Å². The van der Waals surface area contributed by atoms with Gasteiger partial charge in [-0.2, -0.15) is 0 Å². The third-order valence-corrected chi connectivity index (χ3v) is 4.13. The summed E-state index contributed by atoms with van der Waals surface area (Å²) in [6, 6.07) is 8.52. The molecule has 1 heterocycles. The Hall–Kier alpha value is -1.52. The number of aryl methyl sites for hydroxylation is 1. The van der Waals surface area contributed by atoms with Crippen LogP contribution in [0.3, 0.4) is 0 Å². The fraction of sp³-hybridized carbons (Fsp3) is 0.333. The lowest BCUT2D eigenvalue weighted by molar-refractivity contribution is 0.411. The molecule has 2 aromatic rings. The van der Waals surface area contributed by atoms with Crippen LogP contribution < -0.4 is 14.8 Å². The van der Waals surface area contributed by atoms with Crippen molar-refractivity contribution in [1.29, 1.82) is 0 Å². The summed E-state index contributed by atoms with van der Waals surface area (Å²) in [6.45, 7) is 2.06. The Labute approximate surface area is 118 Å². The minimum absolute atomic E-state index is 0.179. The van der Waals surface area contributed by atoms with Gasteiger partial charge in [0.15, 0.2) is 0 Å². The van der Waals surface area contributed by atoms with E-state index in [-0.39, 0.29) is 6.04 Å². The number of ether oxygens (including phenoxy) is 2. The van der Waals surface area contributed by atoms with Crippen LogP contribution in [0.25, 0.3) is 0 Å². The van der Waals surface area contributed by atoms with Gasteiger partial charge in [-0.3, -0.25) is 0 Å². The van der Waals surface area contributed by atoms with Gasteiger partial charge in [-0.05, 0) is 37.2 Å². The Bertz CT molecular complexity index is 551. The molecule has 1 unspecified atom stereocenters. The van der Waals surface area contributed by atoms with Crippen LogP contribution >= 0.6 is 11.3 Å². The molecule has 0 amide bonds. The lowest BCUT2D eigenvalue weighted by Crippen LogP contribution is -2.16. The van der Waals surface area contributed by atoms with Crippen molar-refractivity contribution < 1.29 is 9.47 Å². The van der Waals surface area contributed by atoms with Gasteiger partial charge in [0.2, 0.25) is 0 Å². The topological polar surface area (TPSA) is 30.5 Å². The molecular formula is C15H19NO2S. The van der Waals surface area contributed by atoms with Crippen LogP contribution in [-0.4, -0.2) is 21.3 Å². The molecule has 0 bridgehead atoms. The van der Waals surface area contributed by atoms with Crippen LogP contribution in [0.4, 0.5) is 0 Å². The zero-order valence-electron chi connectivity index (χ0n) is 11.7. The lowest BCUT2D eigenvalue weighted by atomic mass is 10.0. The average Bonchev–Trinajstić information content (AvgIpc) is 2.88. The van der Waals surface area contributed by atoms with Gasteiger partial charge in [0, 0.05) is 10.3 Å². The van der Waals surface area contributed by atoms with E-state index in [0.29, 0.717) is 0 Å². The molecule has 1 aromatic carbocycles. The molecule has 0 aliphatic carbocycles. The second kappa shape index (κ2) is 6.08. The monoisotopic (exact) mass is 277 g/mol. The van der Waals surface area contributed by atoms with Gasteiger partial charge >= 0.3 is 0 Å². The number of thiophene rings is 1. The van der Waals surface area contributed by atoms with Crippen molar-refractivity contribution in [2.24, 2.45) is 0 Å². The average molecular weight is 277 g/mol. The molecule has 0 saturated heterocycles. The van der Waals surface area contributed by atoms with Crippen LogP contribution in [0.15, 0.2) is 29.6 Å². The summed E-state index contributed by atoms with van der Waals surface area (Å²) in [6.07, 6.45) is 0. The lowest BCUT2D eigenvalue weighted by Gasteiger charge is -2.16. The quantitative estimate of drug-likeness (QED) is 0.909. The summed E-state index contributed by atoms with van der Waals surface area (Å²) in [5.74, 6) is 1.83. The molecule has 0 aliphatic rings. The van der Waals surface area contributed by atoms with E-state index in [9.17, 15) is 0 Å². The number of benzene rings is 1. The van der Waals surface area contributed by atoms with Gasteiger partial charge in [-0.25, -0.2) is 0 Å². The van der Waals surface area contributed by atoms with Gasteiger partial charge in [-0.1, -0.05) is 12.1 Å². The van der Waals surface area contributed by atoms with Crippen molar-refractivity contribution in [3.63, 3.8) is 0 Å². The van der Waals surface area contributed by atoms with Crippen LogP contribution in [-0.2, 0) is 0 Å². The molecule has 102 valence electrons. The van der Waals surface area contributed by atoms with E-state index in [4.69, 9.17) is 9.47 Å². The van der Waals surface area contributed by atoms with Gasteiger partial charge < -0.3 is 14.8 Å². The number of nitrogens with one attached hydrogen (secondary N) is 1. The molecule has 4 heteroatoms. The Morgan fingerprint density at radius 2 is 1.95 bits per heavy atom. The Kier molecular flexibility index (Phi) is 4.45. The SMILES string of the molecule is CNC(c1ccc(OC)c(C)c1)c1cc(OC)cs1. The summed E-state index contributed by atoms with van der Waals surface area (Å²) in [5.41, 5.74) is 2.37. The zero-order valence-corrected chi connectivity index (χ0v) is 12.5. The second-order valence-corrected chi connectivity index (χ2v) is 5.28. The predicted molar refractivity (Wildman–Crippen MR) is 79.5 cm³/mol. The van der Waals surface area contributed by atoms with Crippen LogP contribution in [0.2, 0.25) is 0 Å². The molecular weight excluding hydrogens is 258 g/mol. The number of methoxy groups -OCH3 is 2. The molecule has 19 heavy (non-hydrogen) atoms. The summed E-state index contributed by atoms with van der Waals surface area (Å²) in [7, 11) is 5.36. The third-order valence-electron chi connectivity index (χ3n) is 3.16. The van der Waals surface area contributed by atoms with Crippen molar-refractivity contribution in [2.75, 3.05) is 21.3 Å². The van der Waals surface area contributed by atoms with Crippen molar-refractivity contribution in [1.82, 2.24) is 5.32 Å². The molecule has 1 aromatic heterocycles. The molecule has 3 nitrogen and oxygen atoms in total. The van der Waals surface area contributed by atoms with Crippen molar-refractivity contribution in [2.45, 2.75) is 13.0 Å². The van der Waals surface area contributed by atoms with Gasteiger partial charge in [0.1, 0.15) is 11.5 Å². The Morgan fingerprint density at radius 1 is 1.16 bits per heavy atom. The maximum Gasteiger partial charge on any atom is 0.129 e. The molecule has 1 atom stereocenters. The van der Waals surface area contributed by atoms with Gasteiger partial charge in [0.05, 0.1) is 20.3 Å². The normalized spacial score (nSPS) is 12.2. The van der Waals surface area contributed by atoms with E-state index in [1.807, 2.05) is 18.5 Å². The zero-order chi connectivity index (χ0) is 13.8. The number of hydrogen-bond acceptors (Lipinski definition) is 4.